The summed E-state index contributed by atoms with van der Waals surface area (Å²) < 4.78 is 5.58. The molecule has 1 heterocycles. The van der Waals surface area contributed by atoms with E-state index in [4.69, 9.17) is 16.3 Å². The molecular formula is C26H27ClN4O2. The van der Waals surface area contributed by atoms with Crippen molar-refractivity contribution < 1.29 is 9.53 Å². The van der Waals surface area contributed by atoms with Gasteiger partial charge in [0.1, 0.15) is 16.8 Å². The van der Waals surface area contributed by atoms with Gasteiger partial charge in [0.2, 0.25) is 0 Å². The Morgan fingerprint density at radius 3 is 2.30 bits per heavy atom. The molecule has 0 aliphatic heterocycles. The summed E-state index contributed by atoms with van der Waals surface area (Å²) in [5.41, 5.74) is 5.15. The molecule has 3 aromatic carbocycles. The molecule has 0 aliphatic carbocycles. The molecule has 33 heavy (non-hydrogen) atoms. The molecular weight excluding hydrogens is 436 g/mol. The molecule has 4 rings (SSSR count). The van der Waals surface area contributed by atoms with Gasteiger partial charge in [0.15, 0.2) is 6.61 Å². The minimum absolute atomic E-state index is 0.114. The SMILES string of the molecule is CCCCc1ccc(-n2nc3cc(Cl)c(NC(=O)COc4ccc(CC)cc4)cc3n2)cc1. The van der Waals surface area contributed by atoms with Crippen molar-refractivity contribution in [2.45, 2.75) is 39.5 Å². The Labute approximate surface area is 198 Å². The first-order chi connectivity index (χ1) is 16.1. The molecule has 170 valence electrons. The third-order valence-corrected chi connectivity index (χ3v) is 5.74. The van der Waals surface area contributed by atoms with Gasteiger partial charge in [-0.2, -0.15) is 4.80 Å². The molecule has 0 aliphatic rings. The third kappa shape index (κ3) is 5.71. The predicted molar refractivity (Wildman–Crippen MR) is 132 cm³/mol. The van der Waals surface area contributed by atoms with Crippen molar-refractivity contribution in [3.8, 4) is 11.4 Å². The van der Waals surface area contributed by atoms with Crippen LogP contribution < -0.4 is 10.1 Å². The molecule has 0 unspecified atom stereocenters. The summed E-state index contributed by atoms with van der Waals surface area (Å²) in [6, 6.07) is 19.4. The van der Waals surface area contributed by atoms with E-state index < -0.39 is 0 Å². The van der Waals surface area contributed by atoms with Crippen LogP contribution in [0.5, 0.6) is 5.75 Å². The van der Waals surface area contributed by atoms with Gasteiger partial charge in [0.05, 0.1) is 16.4 Å². The zero-order chi connectivity index (χ0) is 23.2. The second-order valence-corrected chi connectivity index (χ2v) is 8.32. The normalized spacial score (nSPS) is 11.0. The number of nitrogens with one attached hydrogen (secondary N) is 1. The van der Waals surface area contributed by atoms with E-state index in [0.29, 0.717) is 27.5 Å². The number of aromatic nitrogens is 3. The number of nitrogens with zero attached hydrogens (tertiary/aromatic N) is 3. The molecule has 4 aromatic rings. The van der Waals surface area contributed by atoms with Crippen molar-refractivity contribution in [3.63, 3.8) is 0 Å². The summed E-state index contributed by atoms with van der Waals surface area (Å²) in [5, 5.41) is 12.3. The van der Waals surface area contributed by atoms with Gasteiger partial charge in [-0.1, -0.05) is 56.1 Å². The largest absolute Gasteiger partial charge is 0.484 e. The molecule has 6 nitrogen and oxygen atoms in total. The van der Waals surface area contributed by atoms with Crippen LogP contribution in [-0.2, 0) is 17.6 Å². The molecule has 0 saturated heterocycles. The van der Waals surface area contributed by atoms with Gasteiger partial charge in [0, 0.05) is 0 Å². The van der Waals surface area contributed by atoms with E-state index in [1.807, 2.05) is 36.4 Å². The number of rotatable bonds is 9. The number of carbonyl (C=O) groups excluding carboxylic acids is 1. The summed E-state index contributed by atoms with van der Waals surface area (Å²) in [7, 11) is 0. The van der Waals surface area contributed by atoms with Gasteiger partial charge < -0.3 is 10.1 Å². The fraction of sp³-hybridized carbons (Fsp3) is 0.269. The summed E-state index contributed by atoms with van der Waals surface area (Å²) in [4.78, 5) is 14.0. The molecule has 0 radical (unpaired) electrons. The number of ether oxygens (including phenoxy) is 1. The summed E-state index contributed by atoms with van der Waals surface area (Å²) >= 11 is 6.39. The topological polar surface area (TPSA) is 69.0 Å². The van der Waals surface area contributed by atoms with E-state index in [2.05, 4.69) is 41.5 Å². The van der Waals surface area contributed by atoms with Crippen molar-refractivity contribution in [2.24, 2.45) is 0 Å². The maximum atomic E-state index is 12.4. The zero-order valence-corrected chi connectivity index (χ0v) is 19.6. The standard InChI is InChI=1S/C26H27ClN4O2/c1-3-5-6-19-7-11-20(12-8-19)31-29-24-15-22(27)23(16-25(24)30-31)28-26(32)17-33-21-13-9-18(4-2)10-14-21/h7-16H,3-6,17H2,1-2H3,(H,28,32). The van der Waals surface area contributed by atoms with Gasteiger partial charge >= 0.3 is 0 Å². The number of benzene rings is 3. The highest BCUT2D eigenvalue weighted by atomic mass is 35.5. The lowest BCUT2D eigenvalue weighted by molar-refractivity contribution is -0.118. The summed E-state index contributed by atoms with van der Waals surface area (Å²) in [5.74, 6) is 0.346. The number of halogens is 1. The highest BCUT2D eigenvalue weighted by molar-refractivity contribution is 6.34. The Balaban J connectivity index is 1.44. The van der Waals surface area contributed by atoms with E-state index in [-0.39, 0.29) is 12.5 Å². The first-order valence-corrected chi connectivity index (χ1v) is 11.6. The van der Waals surface area contributed by atoms with Crippen LogP contribution in [-0.4, -0.2) is 27.5 Å². The van der Waals surface area contributed by atoms with Crippen LogP contribution in [0.2, 0.25) is 5.02 Å². The van der Waals surface area contributed by atoms with Crippen LogP contribution in [0.1, 0.15) is 37.8 Å². The lowest BCUT2D eigenvalue weighted by Crippen LogP contribution is -2.20. The third-order valence-electron chi connectivity index (χ3n) is 5.43. The first kappa shape index (κ1) is 22.8. The van der Waals surface area contributed by atoms with Crippen molar-refractivity contribution in [1.82, 2.24) is 15.0 Å². The van der Waals surface area contributed by atoms with Gasteiger partial charge in [-0.25, -0.2) is 0 Å². The first-order valence-electron chi connectivity index (χ1n) is 11.2. The fourth-order valence-corrected chi connectivity index (χ4v) is 3.69. The molecule has 0 saturated carbocycles. The van der Waals surface area contributed by atoms with Crippen molar-refractivity contribution in [1.29, 1.82) is 0 Å². The van der Waals surface area contributed by atoms with Crippen LogP contribution in [0.15, 0.2) is 60.7 Å². The Morgan fingerprint density at radius 2 is 1.64 bits per heavy atom. The summed E-state index contributed by atoms with van der Waals surface area (Å²) in [6.07, 6.45) is 4.37. The number of anilines is 1. The molecule has 7 heteroatoms. The van der Waals surface area contributed by atoms with Crippen LogP contribution >= 0.6 is 11.6 Å². The van der Waals surface area contributed by atoms with Gasteiger partial charge in [-0.3, -0.25) is 4.79 Å². The Morgan fingerprint density at radius 1 is 0.970 bits per heavy atom. The van der Waals surface area contributed by atoms with E-state index >= 15 is 0 Å². The number of aryl methyl sites for hydroxylation is 2. The average molecular weight is 463 g/mol. The minimum Gasteiger partial charge on any atom is -0.484 e. The predicted octanol–water partition coefficient (Wildman–Crippen LogP) is 6.00. The maximum absolute atomic E-state index is 12.4. The summed E-state index contributed by atoms with van der Waals surface area (Å²) in [6.45, 7) is 4.16. The highest BCUT2D eigenvalue weighted by Gasteiger charge is 2.12. The molecule has 0 bridgehead atoms. The van der Waals surface area contributed by atoms with E-state index in [1.165, 1.54) is 24.0 Å². The molecule has 1 N–H and O–H groups in total. The smallest absolute Gasteiger partial charge is 0.262 e. The highest BCUT2D eigenvalue weighted by Crippen LogP contribution is 2.27. The molecule has 0 atom stereocenters. The van der Waals surface area contributed by atoms with Gasteiger partial charge in [-0.05, 0) is 66.8 Å². The van der Waals surface area contributed by atoms with Crippen LogP contribution in [0, 0.1) is 0 Å². The monoisotopic (exact) mass is 462 g/mol. The maximum Gasteiger partial charge on any atom is 0.262 e. The Bertz CT molecular complexity index is 1230. The van der Waals surface area contributed by atoms with E-state index in [0.717, 1.165) is 18.5 Å². The minimum atomic E-state index is -0.300. The Hall–Kier alpha value is -3.38. The molecule has 1 aromatic heterocycles. The van der Waals surface area contributed by atoms with E-state index in [1.54, 1.807) is 16.9 Å². The lowest BCUT2D eigenvalue weighted by Gasteiger charge is -2.09. The van der Waals surface area contributed by atoms with E-state index in [9.17, 15) is 4.79 Å². The molecule has 1 amide bonds. The number of amides is 1. The second-order valence-electron chi connectivity index (χ2n) is 7.91. The number of unbranched alkanes of at least 4 members (excludes halogenated alkanes) is 1. The quantitative estimate of drug-likeness (QED) is 0.331. The van der Waals surface area contributed by atoms with Gasteiger partial charge in [-0.15, -0.1) is 10.2 Å². The molecule has 0 spiro atoms. The van der Waals surface area contributed by atoms with Crippen molar-refractivity contribution >= 4 is 34.2 Å². The van der Waals surface area contributed by atoms with Crippen LogP contribution in [0.4, 0.5) is 5.69 Å². The Kier molecular flexibility index (Phi) is 7.25. The zero-order valence-electron chi connectivity index (χ0n) is 18.8. The van der Waals surface area contributed by atoms with Gasteiger partial charge in [0.25, 0.3) is 5.91 Å². The number of fused-ring (bicyclic) bond motifs is 1. The number of carbonyl (C=O) groups is 1. The lowest BCUT2D eigenvalue weighted by atomic mass is 10.1. The second kappa shape index (κ2) is 10.5. The van der Waals surface area contributed by atoms with Crippen LogP contribution in [0.25, 0.3) is 16.7 Å². The van der Waals surface area contributed by atoms with Crippen molar-refractivity contribution in [2.75, 3.05) is 11.9 Å². The fourth-order valence-electron chi connectivity index (χ4n) is 3.48. The molecule has 0 fully saturated rings. The van der Waals surface area contributed by atoms with Crippen molar-refractivity contribution in [3.05, 3.63) is 76.8 Å². The number of hydrogen-bond acceptors (Lipinski definition) is 4. The average Bonchev–Trinajstić information content (AvgIpc) is 3.25. The number of hydrogen-bond donors (Lipinski definition) is 1. The van der Waals surface area contributed by atoms with Crippen LogP contribution in [0.3, 0.4) is 0 Å².